The Morgan fingerprint density at radius 1 is 1.18 bits per heavy atom. The van der Waals surface area contributed by atoms with E-state index in [4.69, 9.17) is 4.74 Å². The molecule has 1 rings (SSSR count). The van der Waals surface area contributed by atoms with Gasteiger partial charge in [0.05, 0.1) is 6.10 Å². The van der Waals surface area contributed by atoms with E-state index in [1.807, 2.05) is 0 Å². The SMILES string of the molecule is CCCCOC(CCC)c1cccc(O)c1O. The standard InChI is InChI=1S/C14H22O3/c1-3-5-10-17-13(7-4-2)11-8-6-9-12(15)14(11)16/h6,8-9,13,15-16H,3-5,7,10H2,1-2H3. The van der Waals surface area contributed by atoms with Gasteiger partial charge in [0.1, 0.15) is 0 Å². The number of ether oxygens (including phenoxy) is 1. The van der Waals surface area contributed by atoms with Crippen LogP contribution in [0.2, 0.25) is 0 Å². The van der Waals surface area contributed by atoms with Crippen molar-refractivity contribution in [2.24, 2.45) is 0 Å². The number of hydrogen-bond acceptors (Lipinski definition) is 3. The minimum atomic E-state index is -0.126. The molecule has 96 valence electrons. The van der Waals surface area contributed by atoms with E-state index in [1.54, 1.807) is 12.1 Å². The number of rotatable bonds is 7. The van der Waals surface area contributed by atoms with Crippen molar-refractivity contribution in [2.45, 2.75) is 45.6 Å². The van der Waals surface area contributed by atoms with Crippen molar-refractivity contribution in [3.8, 4) is 11.5 Å². The van der Waals surface area contributed by atoms with Crippen LogP contribution in [0.4, 0.5) is 0 Å². The third-order valence-electron chi connectivity index (χ3n) is 2.76. The average molecular weight is 238 g/mol. The number of unbranched alkanes of at least 4 members (excludes halogenated alkanes) is 1. The number of phenolic OH excluding ortho intramolecular Hbond substituents is 2. The van der Waals surface area contributed by atoms with E-state index in [0.29, 0.717) is 12.2 Å². The van der Waals surface area contributed by atoms with Crippen molar-refractivity contribution in [1.29, 1.82) is 0 Å². The molecule has 0 radical (unpaired) electrons. The van der Waals surface area contributed by atoms with Crippen LogP contribution in [-0.2, 0) is 4.74 Å². The first-order chi connectivity index (χ1) is 8.20. The molecular weight excluding hydrogens is 216 g/mol. The summed E-state index contributed by atoms with van der Waals surface area (Å²) in [6, 6.07) is 5.02. The number of hydrogen-bond donors (Lipinski definition) is 2. The quantitative estimate of drug-likeness (QED) is 0.561. The first kappa shape index (κ1) is 13.8. The van der Waals surface area contributed by atoms with Crippen LogP contribution in [0.15, 0.2) is 18.2 Å². The number of aromatic hydroxyl groups is 2. The fourth-order valence-electron chi connectivity index (χ4n) is 1.77. The van der Waals surface area contributed by atoms with E-state index in [9.17, 15) is 10.2 Å². The van der Waals surface area contributed by atoms with Gasteiger partial charge in [-0.3, -0.25) is 0 Å². The Labute approximate surface area is 103 Å². The Kier molecular flexibility index (Phi) is 5.84. The zero-order chi connectivity index (χ0) is 12.7. The molecule has 1 aromatic rings. The summed E-state index contributed by atoms with van der Waals surface area (Å²) in [5.41, 5.74) is 0.683. The number of phenols is 2. The summed E-state index contributed by atoms with van der Waals surface area (Å²) < 4.78 is 5.77. The van der Waals surface area contributed by atoms with E-state index >= 15 is 0 Å². The molecule has 0 aliphatic rings. The highest BCUT2D eigenvalue weighted by Gasteiger charge is 2.17. The topological polar surface area (TPSA) is 49.7 Å². The molecule has 1 aromatic carbocycles. The monoisotopic (exact) mass is 238 g/mol. The Hall–Kier alpha value is -1.22. The second-order valence-corrected chi connectivity index (χ2v) is 4.22. The Morgan fingerprint density at radius 3 is 2.59 bits per heavy atom. The van der Waals surface area contributed by atoms with E-state index < -0.39 is 0 Å². The molecule has 17 heavy (non-hydrogen) atoms. The fourth-order valence-corrected chi connectivity index (χ4v) is 1.77. The lowest BCUT2D eigenvalue weighted by atomic mass is 10.0. The molecule has 0 fully saturated rings. The predicted octanol–water partition coefficient (Wildman–Crippen LogP) is 3.76. The van der Waals surface area contributed by atoms with Gasteiger partial charge >= 0.3 is 0 Å². The highest BCUT2D eigenvalue weighted by molar-refractivity contribution is 5.45. The summed E-state index contributed by atoms with van der Waals surface area (Å²) in [5, 5.41) is 19.3. The Bertz CT molecular complexity index is 336. The minimum Gasteiger partial charge on any atom is -0.504 e. The van der Waals surface area contributed by atoms with Gasteiger partial charge in [-0.1, -0.05) is 38.8 Å². The van der Waals surface area contributed by atoms with Gasteiger partial charge in [0, 0.05) is 12.2 Å². The van der Waals surface area contributed by atoms with Crippen LogP contribution in [0.3, 0.4) is 0 Å². The van der Waals surface area contributed by atoms with Crippen LogP contribution < -0.4 is 0 Å². The number of benzene rings is 1. The molecule has 1 atom stereocenters. The lowest BCUT2D eigenvalue weighted by Gasteiger charge is -2.19. The Morgan fingerprint density at radius 2 is 1.94 bits per heavy atom. The van der Waals surface area contributed by atoms with E-state index in [2.05, 4.69) is 13.8 Å². The lowest BCUT2D eigenvalue weighted by molar-refractivity contribution is 0.0425. The molecule has 0 aliphatic heterocycles. The zero-order valence-electron chi connectivity index (χ0n) is 10.6. The number of para-hydroxylation sites is 1. The summed E-state index contributed by atoms with van der Waals surface area (Å²) in [6.07, 6.45) is 3.80. The van der Waals surface area contributed by atoms with Crippen LogP contribution in [0.5, 0.6) is 11.5 Å². The highest BCUT2D eigenvalue weighted by Crippen LogP contribution is 2.36. The molecule has 0 aromatic heterocycles. The summed E-state index contributed by atoms with van der Waals surface area (Å²) in [5.74, 6) is -0.134. The minimum absolute atomic E-state index is 0.0533. The van der Waals surface area contributed by atoms with Crippen molar-refractivity contribution in [3.05, 3.63) is 23.8 Å². The van der Waals surface area contributed by atoms with Crippen LogP contribution in [-0.4, -0.2) is 16.8 Å². The molecule has 0 amide bonds. The van der Waals surface area contributed by atoms with Crippen LogP contribution in [0.25, 0.3) is 0 Å². The molecule has 3 nitrogen and oxygen atoms in total. The third-order valence-corrected chi connectivity index (χ3v) is 2.76. The van der Waals surface area contributed by atoms with Crippen molar-refractivity contribution in [2.75, 3.05) is 6.61 Å². The van der Waals surface area contributed by atoms with Crippen molar-refractivity contribution in [1.82, 2.24) is 0 Å². The maximum Gasteiger partial charge on any atom is 0.163 e. The van der Waals surface area contributed by atoms with E-state index in [-0.39, 0.29) is 17.6 Å². The first-order valence-electron chi connectivity index (χ1n) is 6.33. The smallest absolute Gasteiger partial charge is 0.163 e. The fraction of sp³-hybridized carbons (Fsp3) is 0.571. The third kappa shape index (κ3) is 3.93. The van der Waals surface area contributed by atoms with Gasteiger partial charge in [0.2, 0.25) is 0 Å². The molecule has 3 heteroatoms. The van der Waals surface area contributed by atoms with E-state index in [1.165, 1.54) is 6.07 Å². The van der Waals surface area contributed by atoms with Crippen LogP contribution in [0, 0.1) is 0 Å². The van der Waals surface area contributed by atoms with Gasteiger partial charge in [-0.2, -0.15) is 0 Å². The molecule has 0 saturated heterocycles. The van der Waals surface area contributed by atoms with Crippen molar-refractivity contribution < 1.29 is 14.9 Å². The maximum absolute atomic E-state index is 9.82. The highest BCUT2D eigenvalue weighted by atomic mass is 16.5. The largest absolute Gasteiger partial charge is 0.504 e. The van der Waals surface area contributed by atoms with Gasteiger partial charge in [-0.15, -0.1) is 0 Å². The summed E-state index contributed by atoms with van der Waals surface area (Å²) in [4.78, 5) is 0. The van der Waals surface area contributed by atoms with Gasteiger partial charge in [0.15, 0.2) is 11.5 Å². The van der Waals surface area contributed by atoms with Crippen molar-refractivity contribution in [3.63, 3.8) is 0 Å². The molecule has 0 aliphatic carbocycles. The molecule has 0 saturated carbocycles. The summed E-state index contributed by atoms with van der Waals surface area (Å²) in [6.45, 7) is 4.89. The van der Waals surface area contributed by atoms with Gasteiger partial charge in [-0.05, 0) is 18.9 Å². The van der Waals surface area contributed by atoms with Crippen LogP contribution in [0.1, 0.15) is 51.2 Å². The Balaban J connectivity index is 2.77. The second-order valence-electron chi connectivity index (χ2n) is 4.22. The first-order valence-corrected chi connectivity index (χ1v) is 6.33. The van der Waals surface area contributed by atoms with Gasteiger partial charge in [-0.25, -0.2) is 0 Å². The molecule has 0 spiro atoms. The lowest BCUT2D eigenvalue weighted by Crippen LogP contribution is -2.06. The maximum atomic E-state index is 9.82. The van der Waals surface area contributed by atoms with Crippen LogP contribution >= 0.6 is 0 Å². The molecular formula is C14H22O3. The average Bonchev–Trinajstić information content (AvgIpc) is 2.32. The van der Waals surface area contributed by atoms with E-state index in [0.717, 1.165) is 25.7 Å². The summed E-state index contributed by atoms with van der Waals surface area (Å²) in [7, 11) is 0. The zero-order valence-corrected chi connectivity index (χ0v) is 10.6. The van der Waals surface area contributed by atoms with Gasteiger partial charge in [0.25, 0.3) is 0 Å². The second kappa shape index (κ2) is 7.17. The van der Waals surface area contributed by atoms with Gasteiger partial charge < -0.3 is 14.9 Å². The molecule has 0 bridgehead atoms. The van der Waals surface area contributed by atoms with Crippen molar-refractivity contribution >= 4 is 0 Å². The molecule has 1 unspecified atom stereocenters. The molecule has 0 heterocycles. The normalized spacial score (nSPS) is 12.6. The predicted molar refractivity (Wildman–Crippen MR) is 68.3 cm³/mol. The summed E-state index contributed by atoms with van der Waals surface area (Å²) >= 11 is 0. The molecule has 2 N–H and O–H groups in total.